The fraction of sp³-hybridized carbons (Fsp3) is 0.133. The zero-order valence-electron chi connectivity index (χ0n) is 13.8. The van der Waals surface area contributed by atoms with Crippen LogP contribution in [0, 0.1) is 0 Å². The molecule has 0 unspecified atom stereocenters. The average Bonchev–Trinajstić information content (AvgIpc) is 3.29. The second-order valence-corrected chi connectivity index (χ2v) is 6.90. The molecule has 134 valence electrons. The Balaban J connectivity index is 1.55. The predicted octanol–water partition coefficient (Wildman–Crippen LogP) is 2.02. The molecule has 0 fully saturated rings. The lowest BCUT2D eigenvalue weighted by Crippen LogP contribution is -2.17. The molecule has 1 amide bonds. The number of nitrogens with two attached hydrogens (primary N) is 1. The van der Waals surface area contributed by atoms with Crippen LogP contribution in [0.1, 0.15) is 11.8 Å². The van der Waals surface area contributed by atoms with Crippen LogP contribution in [0.15, 0.2) is 52.2 Å². The smallest absolute Gasteiger partial charge is 0.264 e. The normalized spacial score (nSPS) is 11.3. The fourth-order valence-corrected chi connectivity index (χ4v) is 3.20. The zero-order valence-corrected chi connectivity index (χ0v) is 15.4. The molecule has 9 nitrogen and oxygen atoms in total. The number of aromatic nitrogens is 4. The third-order valence-electron chi connectivity index (χ3n) is 3.13. The summed E-state index contributed by atoms with van der Waals surface area (Å²) in [7, 11) is 0. The number of nitrogens with zero attached hydrogens (tertiary/aromatic N) is 5. The molecular weight excluding hydrogens is 372 g/mol. The zero-order chi connectivity index (χ0) is 18.4. The van der Waals surface area contributed by atoms with E-state index in [9.17, 15) is 4.79 Å². The van der Waals surface area contributed by atoms with E-state index in [-0.39, 0.29) is 17.6 Å². The molecule has 0 spiro atoms. The van der Waals surface area contributed by atoms with Gasteiger partial charge in [0, 0.05) is 11.1 Å². The van der Waals surface area contributed by atoms with Gasteiger partial charge in [-0.1, -0.05) is 23.9 Å². The van der Waals surface area contributed by atoms with Gasteiger partial charge in [-0.2, -0.15) is 5.10 Å². The molecular formula is C15H16N8OS2. The Morgan fingerprint density at radius 1 is 1.35 bits per heavy atom. The SMILES string of the molecule is C/C(=N\Nc1nnc(SCC(=O)Nc2ccccn2)n1N)c1cccs1. The molecule has 0 saturated heterocycles. The summed E-state index contributed by atoms with van der Waals surface area (Å²) in [6.07, 6.45) is 1.61. The predicted molar refractivity (Wildman–Crippen MR) is 104 cm³/mol. The lowest BCUT2D eigenvalue weighted by molar-refractivity contribution is -0.113. The summed E-state index contributed by atoms with van der Waals surface area (Å²) in [5.74, 6) is 6.64. The highest BCUT2D eigenvalue weighted by molar-refractivity contribution is 7.99. The molecule has 3 aromatic heterocycles. The van der Waals surface area contributed by atoms with Crippen LogP contribution in [0.4, 0.5) is 11.8 Å². The molecule has 0 atom stereocenters. The molecule has 0 aromatic carbocycles. The van der Waals surface area contributed by atoms with Crippen molar-refractivity contribution < 1.29 is 4.79 Å². The molecule has 26 heavy (non-hydrogen) atoms. The molecule has 0 bridgehead atoms. The van der Waals surface area contributed by atoms with Crippen molar-refractivity contribution in [1.82, 2.24) is 19.9 Å². The van der Waals surface area contributed by atoms with E-state index in [4.69, 9.17) is 5.84 Å². The number of hydrogen-bond donors (Lipinski definition) is 3. The number of thioether (sulfide) groups is 1. The highest BCUT2D eigenvalue weighted by Crippen LogP contribution is 2.17. The number of nitrogen functional groups attached to an aromatic ring is 1. The van der Waals surface area contributed by atoms with Crippen LogP contribution in [-0.4, -0.2) is 37.2 Å². The molecule has 0 aliphatic carbocycles. The fourth-order valence-electron chi connectivity index (χ4n) is 1.87. The first-order valence-corrected chi connectivity index (χ1v) is 9.38. The van der Waals surface area contributed by atoms with E-state index in [0.717, 1.165) is 10.6 Å². The third kappa shape index (κ3) is 4.58. The Labute approximate surface area is 157 Å². The number of rotatable bonds is 7. The van der Waals surface area contributed by atoms with Gasteiger partial charge < -0.3 is 11.2 Å². The van der Waals surface area contributed by atoms with E-state index >= 15 is 0 Å². The van der Waals surface area contributed by atoms with Crippen molar-refractivity contribution in [3.8, 4) is 0 Å². The van der Waals surface area contributed by atoms with Crippen LogP contribution >= 0.6 is 23.1 Å². The Kier molecular flexibility index (Phi) is 5.81. The molecule has 3 aromatic rings. The number of thiophene rings is 1. The molecule has 4 N–H and O–H groups in total. The Hall–Kier alpha value is -2.92. The first kappa shape index (κ1) is 17.9. The lowest BCUT2D eigenvalue weighted by Gasteiger charge is -2.04. The summed E-state index contributed by atoms with van der Waals surface area (Å²) in [4.78, 5) is 17.0. The number of hydrogen-bond acceptors (Lipinski definition) is 9. The summed E-state index contributed by atoms with van der Waals surface area (Å²) in [6, 6.07) is 9.21. The highest BCUT2D eigenvalue weighted by Gasteiger charge is 2.12. The van der Waals surface area contributed by atoms with E-state index < -0.39 is 0 Å². The summed E-state index contributed by atoms with van der Waals surface area (Å²) >= 11 is 2.75. The topological polar surface area (TPSA) is 123 Å². The number of amides is 1. The standard InChI is InChI=1S/C15H16N8OS2/c1-10(11-5-4-8-25-11)19-20-14-21-22-15(23(14)16)26-9-13(24)18-12-6-2-3-7-17-12/h2-8H,9,16H2,1H3,(H,20,21)(H,17,18,24)/b19-10+. The Morgan fingerprint density at radius 3 is 2.96 bits per heavy atom. The van der Waals surface area contributed by atoms with Crippen LogP contribution in [0.25, 0.3) is 0 Å². The number of nitrogens with one attached hydrogen (secondary N) is 2. The van der Waals surface area contributed by atoms with E-state index in [2.05, 4.69) is 31.0 Å². The van der Waals surface area contributed by atoms with Gasteiger partial charge in [-0.25, -0.2) is 15.1 Å². The molecule has 3 rings (SSSR count). The van der Waals surface area contributed by atoms with Crippen molar-refractivity contribution >= 4 is 46.5 Å². The van der Waals surface area contributed by atoms with Crippen LogP contribution in [0.5, 0.6) is 0 Å². The van der Waals surface area contributed by atoms with Crippen molar-refractivity contribution in [3.05, 3.63) is 46.8 Å². The number of pyridine rings is 1. The second kappa shape index (κ2) is 8.45. The van der Waals surface area contributed by atoms with Gasteiger partial charge in [0.25, 0.3) is 5.95 Å². The maximum Gasteiger partial charge on any atom is 0.264 e. The van der Waals surface area contributed by atoms with Gasteiger partial charge in [-0.15, -0.1) is 21.5 Å². The van der Waals surface area contributed by atoms with Gasteiger partial charge >= 0.3 is 0 Å². The molecule has 0 aliphatic rings. The number of anilines is 2. The van der Waals surface area contributed by atoms with Gasteiger partial charge in [-0.3, -0.25) is 4.79 Å². The first-order chi connectivity index (χ1) is 12.6. The minimum atomic E-state index is -0.210. The quantitative estimate of drug-likeness (QED) is 0.245. The van der Waals surface area contributed by atoms with Crippen molar-refractivity contribution in [2.45, 2.75) is 12.1 Å². The van der Waals surface area contributed by atoms with E-state index in [0.29, 0.717) is 11.0 Å². The largest absolute Gasteiger partial charge is 0.334 e. The number of carbonyl (C=O) groups excluding carboxylic acids is 1. The van der Waals surface area contributed by atoms with E-state index in [1.807, 2.05) is 24.4 Å². The van der Waals surface area contributed by atoms with Crippen LogP contribution in [-0.2, 0) is 4.79 Å². The van der Waals surface area contributed by atoms with Gasteiger partial charge in [0.05, 0.1) is 11.5 Å². The monoisotopic (exact) mass is 388 g/mol. The summed E-state index contributed by atoms with van der Waals surface area (Å²) < 4.78 is 1.25. The van der Waals surface area contributed by atoms with Crippen molar-refractivity contribution in [2.75, 3.05) is 22.3 Å². The maximum atomic E-state index is 11.9. The summed E-state index contributed by atoms with van der Waals surface area (Å²) in [5, 5.41) is 17.2. The maximum absolute atomic E-state index is 11.9. The molecule has 11 heteroatoms. The Morgan fingerprint density at radius 2 is 2.23 bits per heavy atom. The molecule has 0 radical (unpaired) electrons. The lowest BCUT2D eigenvalue weighted by atomic mass is 10.3. The van der Waals surface area contributed by atoms with Gasteiger partial charge in [0.1, 0.15) is 5.82 Å². The van der Waals surface area contributed by atoms with E-state index in [1.165, 1.54) is 16.4 Å². The van der Waals surface area contributed by atoms with Crippen LogP contribution in [0.2, 0.25) is 0 Å². The summed E-state index contributed by atoms with van der Waals surface area (Å²) in [6.45, 7) is 1.88. The summed E-state index contributed by atoms with van der Waals surface area (Å²) in [5.41, 5.74) is 3.60. The third-order valence-corrected chi connectivity index (χ3v) is 5.05. The minimum absolute atomic E-state index is 0.128. The molecule has 0 saturated carbocycles. The van der Waals surface area contributed by atoms with Crippen molar-refractivity contribution in [3.63, 3.8) is 0 Å². The van der Waals surface area contributed by atoms with Crippen molar-refractivity contribution in [2.24, 2.45) is 5.10 Å². The molecule has 3 heterocycles. The second-order valence-electron chi connectivity index (χ2n) is 5.01. The Bertz CT molecular complexity index is 892. The van der Waals surface area contributed by atoms with Crippen LogP contribution in [0.3, 0.4) is 0 Å². The highest BCUT2D eigenvalue weighted by atomic mass is 32.2. The van der Waals surface area contributed by atoms with E-state index in [1.54, 1.807) is 35.7 Å². The number of hydrazone groups is 1. The minimum Gasteiger partial charge on any atom is -0.334 e. The van der Waals surface area contributed by atoms with Gasteiger partial charge in [-0.05, 0) is 30.5 Å². The van der Waals surface area contributed by atoms with Gasteiger partial charge in [0.2, 0.25) is 11.1 Å². The average molecular weight is 388 g/mol. The molecule has 0 aliphatic heterocycles. The first-order valence-electron chi connectivity index (χ1n) is 7.52. The van der Waals surface area contributed by atoms with Crippen molar-refractivity contribution in [1.29, 1.82) is 0 Å². The van der Waals surface area contributed by atoms with Crippen LogP contribution < -0.4 is 16.6 Å². The van der Waals surface area contributed by atoms with Gasteiger partial charge in [0.15, 0.2) is 0 Å². The number of carbonyl (C=O) groups is 1.